The number of fused-ring (bicyclic) bond motifs is 1. The van der Waals surface area contributed by atoms with Crippen molar-refractivity contribution in [1.29, 1.82) is 0 Å². The minimum absolute atomic E-state index is 0. The second-order valence-electron chi connectivity index (χ2n) is 5.43. The molecule has 0 saturated heterocycles. The fraction of sp³-hybridized carbons (Fsp3) is 0.0588. The predicted octanol–water partition coefficient (Wildman–Crippen LogP) is 0.279. The van der Waals surface area contributed by atoms with E-state index in [0.717, 1.165) is 11.6 Å². The molecule has 3 aromatic carbocycles. The molecule has 0 fully saturated rings. The monoisotopic (exact) mass is 402 g/mol. The van der Waals surface area contributed by atoms with Gasteiger partial charge in [0.15, 0.2) is 5.75 Å². The van der Waals surface area contributed by atoms with Crippen LogP contribution in [0.1, 0.15) is 6.99 Å². The van der Waals surface area contributed by atoms with E-state index in [1.165, 1.54) is 30.3 Å². The Morgan fingerprint density at radius 3 is 2.00 bits per heavy atom. The van der Waals surface area contributed by atoms with Gasteiger partial charge in [-0.15, -0.1) is 0 Å². The van der Waals surface area contributed by atoms with E-state index in [1.54, 1.807) is 24.3 Å². The van der Waals surface area contributed by atoms with Crippen molar-refractivity contribution in [3.05, 3.63) is 66.2 Å². The molecule has 0 saturated carbocycles. The maximum Gasteiger partial charge on any atom is 1.00 e. The largest absolute Gasteiger partial charge is 1.00 e. The summed E-state index contributed by atoms with van der Waals surface area (Å²) in [6, 6.07) is 14.6. The summed E-state index contributed by atoms with van der Waals surface area (Å²) in [5, 5.41) is 0.426. The van der Waals surface area contributed by atoms with Gasteiger partial charge >= 0.3 is 39.7 Å². The zero-order chi connectivity index (χ0) is 18.2. The molecule has 0 atom stereocenters. The van der Waals surface area contributed by atoms with Crippen molar-refractivity contribution in [2.24, 2.45) is 0 Å². The van der Waals surface area contributed by atoms with Gasteiger partial charge in [-0.25, -0.2) is 0 Å². The second-order valence-corrected chi connectivity index (χ2v) is 8.37. The first-order valence-corrected chi connectivity index (χ1v) is 10.0. The van der Waals surface area contributed by atoms with Crippen LogP contribution in [0.25, 0.3) is 10.8 Å². The summed E-state index contributed by atoms with van der Waals surface area (Å²) in [7, 11) is -8.53. The van der Waals surface area contributed by atoms with Crippen molar-refractivity contribution in [3.8, 4) is 5.75 Å². The number of benzene rings is 3. The van der Waals surface area contributed by atoms with Gasteiger partial charge in [-0.1, -0.05) is 42.0 Å². The molecule has 3 rings (SSSR count). The van der Waals surface area contributed by atoms with Crippen LogP contribution >= 0.6 is 0 Å². The summed E-state index contributed by atoms with van der Waals surface area (Å²) in [6.07, 6.45) is 0. The number of hydrogen-bond acceptors (Lipinski definition) is 5. The predicted molar refractivity (Wildman–Crippen MR) is 93.9 cm³/mol. The molecule has 0 aliphatic heterocycles. The molecule has 0 spiro atoms. The first-order valence-electron chi connectivity index (χ1n) is 7.19. The van der Waals surface area contributed by atoms with Crippen molar-refractivity contribution in [2.75, 3.05) is 0 Å². The minimum atomic E-state index is -4.45. The third-order valence-electron chi connectivity index (χ3n) is 3.63. The van der Waals surface area contributed by atoms with Crippen LogP contribution in [0.5, 0.6) is 5.75 Å². The fourth-order valence-electron chi connectivity index (χ4n) is 2.41. The zero-order valence-corrected chi connectivity index (χ0v) is 17.7. The van der Waals surface area contributed by atoms with Gasteiger partial charge in [0.1, 0.15) is 9.79 Å². The third kappa shape index (κ3) is 4.28. The minimum Gasteiger partial charge on any atom is -1.00 e. The van der Waals surface area contributed by atoms with Crippen LogP contribution in [0.3, 0.4) is 0 Å². The molecule has 0 aliphatic rings. The van der Waals surface area contributed by atoms with E-state index in [-0.39, 0.29) is 57.3 Å². The molecule has 0 aromatic heterocycles. The molecule has 6 nitrogen and oxygen atoms in total. The molecule has 1 N–H and O–H groups in total. The molecule has 0 unspecified atom stereocenters. The maximum absolute atomic E-state index is 12.4. The average Bonchev–Trinajstić information content (AvgIpc) is 2.54. The quantitative estimate of drug-likeness (QED) is 0.382. The maximum atomic E-state index is 12.4. The molecular formula is C17H15NaO6S2. The Morgan fingerprint density at radius 1 is 0.846 bits per heavy atom. The summed E-state index contributed by atoms with van der Waals surface area (Å²) in [4.78, 5) is -0.329. The topological polar surface area (TPSA) is 97.7 Å². The van der Waals surface area contributed by atoms with Gasteiger partial charge in [0.25, 0.3) is 10.1 Å². The molecule has 132 valence electrons. The first-order chi connectivity index (χ1) is 11.7. The molecular weight excluding hydrogens is 387 g/mol. The summed E-state index contributed by atoms with van der Waals surface area (Å²) < 4.78 is 62.4. The van der Waals surface area contributed by atoms with Crippen LogP contribution in [0.4, 0.5) is 0 Å². The number of hydrogen-bond donors (Lipinski definition) is 1. The van der Waals surface area contributed by atoms with E-state index < -0.39 is 20.2 Å². The average molecular weight is 402 g/mol. The summed E-state index contributed by atoms with van der Waals surface area (Å²) in [5.41, 5.74) is 0.905. The Bertz CT molecular complexity index is 1160. The van der Waals surface area contributed by atoms with E-state index in [9.17, 15) is 21.4 Å². The zero-order valence-electron chi connectivity index (χ0n) is 15.1. The molecule has 0 bridgehead atoms. The molecule has 0 aliphatic carbocycles. The van der Waals surface area contributed by atoms with Crippen molar-refractivity contribution < 1.29 is 56.6 Å². The van der Waals surface area contributed by atoms with Crippen molar-refractivity contribution >= 4 is 31.0 Å². The van der Waals surface area contributed by atoms with Gasteiger partial charge in [0.05, 0.1) is 0 Å². The van der Waals surface area contributed by atoms with Crippen molar-refractivity contribution in [3.63, 3.8) is 0 Å². The molecule has 3 aromatic rings. The van der Waals surface area contributed by atoms with Crippen LogP contribution < -0.4 is 33.7 Å². The van der Waals surface area contributed by atoms with Gasteiger partial charge in [0.2, 0.25) is 0 Å². The molecule has 9 heteroatoms. The van der Waals surface area contributed by atoms with Crippen LogP contribution in [0, 0.1) is 6.92 Å². The van der Waals surface area contributed by atoms with E-state index >= 15 is 0 Å². The van der Waals surface area contributed by atoms with Gasteiger partial charge < -0.3 is 5.61 Å². The Balaban J connectivity index is 0.00000182. The molecule has 26 heavy (non-hydrogen) atoms. The molecule has 0 amide bonds. The summed E-state index contributed by atoms with van der Waals surface area (Å²) >= 11 is 0. The summed E-state index contributed by atoms with van der Waals surface area (Å²) in [5.74, 6) is -0.0245. The van der Waals surface area contributed by atoms with Gasteiger partial charge in [-0.3, -0.25) is 4.55 Å². The van der Waals surface area contributed by atoms with Crippen molar-refractivity contribution in [1.82, 2.24) is 0 Å². The van der Waals surface area contributed by atoms with Gasteiger partial charge in [-0.2, -0.15) is 16.8 Å². The molecule has 0 heterocycles. The molecule has 0 radical (unpaired) electrons. The number of rotatable bonds is 4. The van der Waals surface area contributed by atoms with Crippen LogP contribution in [0.2, 0.25) is 0 Å². The van der Waals surface area contributed by atoms with E-state index in [1.807, 2.05) is 6.92 Å². The Kier molecular flexibility index (Phi) is 6.17. The smallest absolute Gasteiger partial charge is 1.00 e. The van der Waals surface area contributed by atoms with Crippen LogP contribution in [-0.2, 0) is 20.2 Å². The number of aryl methyl sites for hydroxylation is 1. The third-order valence-corrected chi connectivity index (χ3v) is 5.79. The Labute approximate surface area is 175 Å². The van der Waals surface area contributed by atoms with Crippen molar-refractivity contribution in [2.45, 2.75) is 16.7 Å². The van der Waals surface area contributed by atoms with E-state index in [0.29, 0.717) is 0 Å². The van der Waals surface area contributed by atoms with Gasteiger partial charge in [-0.05, 0) is 31.2 Å². The Morgan fingerprint density at radius 2 is 1.42 bits per heavy atom. The summed E-state index contributed by atoms with van der Waals surface area (Å²) in [6.45, 7) is 1.83. The van der Waals surface area contributed by atoms with E-state index in [4.69, 9.17) is 4.18 Å². The normalized spacial score (nSPS) is 11.8. The standard InChI is InChI=1S/C17H14O6S2.Na.H/c1-12-6-8-13(9-7-12)25(21,22)23-16-10-11-17(24(18,19)20)15-5-3-2-4-14(15)16;;/h2-11H,1H3,(H,18,19,20);;/q;+1;-1. The second kappa shape index (κ2) is 7.67. The first kappa shape index (κ1) is 20.9. The van der Waals surface area contributed by atoms with Crippen LogP contribution in [-0.4, -0.2) is 21.4 Å². The van der Waals surface area contributed by atoms with Crippen LogP contribution in [0.15, 0.2) is 70.5 Å². The fourth-order valence-corrected chi connectivity index (χ4v) is 4.06. The van der Waals surface area contributed by atoms with Gasteiger partial charge in [0, 0.05) is 10.8 Å². The Hall–Kier alpha value is -1.42. The van der Waals surface area contributed by atoms with E-state index in [2.05, 4.69) is 0 Å². The SMILES string of the molecule is Cc1ccc(S(=O)(=O)Oc2ccc(S(=O)(=O)O)c3ccccc23)cc1.[H-].[Na+].